The van der Waals surface area contributed by atoms with Crippen molar-refractivity contribution in [1.82, 2.24) is 5.32 Å². The summed E-state index contributed by atoms with van der Waals surface area (Å²) in [7, 11) is 0. The van der Waals surface area contributed by atoms with Gasteiger partial charge in [-0.2, -0.15) is 0 Å². The first-order valence-electron chi connectivity index (χ1n) is 8.20. The molecule has 0 saturated heterocycles. The SMILES string of the molecule is CCCCOc1ccc(C(=O)NC(=S)Nc2ccc(Cl)cc2[N+](=O)[O-])cc1. The third kappa shape index (κ3) is 6.19. The maximum absolute atomic E-state index is 12.3. The van der Waals surface area contributed by atoms with Gasteiger partial charge in [0.05, 0.1) is 11.5 Å². The van der Waals surface area contributed by atoms with Crippen LogP contribution in [-0.4, -0.2) is 22.5 Å². The number of unbranched alkanes of at least 4 members (excludes halogenated alkanes) is 1. The Kier molecular flexibility index (Phi) is 7.51. The number of amides is 1. The molecule has 0 aromatic heterocycles. The molecule has 142 valence electrons. The Bertz CT molecular complexity index is 843. The summed E-state index contributed by atoms with van der Waals surface area (Å²) in [6.07, 6.45) is 2.00. The first kappa shape index (κ1) is 20.6. The van der Waals surface area contributed by atoms with Crippen molar-refractivity contribution in [2.24, 2.45) is 0 Å². The molecule has 0 fully saturated rings. The molecule has 2 N–H and O–H groups in total. The zero-order valence-corrected chi connectivity index (χ0v) is 16.1. The number of hydrogen-bond donors (Lipinski definition) is 2. The quantitative estimate of drug-likeness (QED) is 0.302. The molecular weight excluding hydrogens is 390 g/mol. The monoisotopic (exact) mass is 407 g/mol. The Morgan fingerprint density at radius 1 is 1.26 bits per heavy atom. The number of anilines is 1. The van der Waals surface area contributed by atoms with Crippen LogP contribution in [0.2, 0.25) is 5.02 Å². The van der Waals surface area contributed by atoms with Crippen LogP contribution in [0.5, 0.6) is 5.75 Å². The fourth-order valence-corrected chi connectivity index (χ4v) is 2.50. The van der Waals surface area contributed by atoms with Gasteiger partial charge in [0.25, 0.3) is 11.6 Å². The molecule has 9 heteroatoms. The molecule has 0 radical (unpaired) electrons. The van der Waals surface area contributed by atoms with Gasteiger partial charge in [-0.05, 0) is 55.0 Å². The molecule has 2 aromatic rings. The molecule has 1 amide bonds. The van der Waals surface area contributed by atoms with E-state index in [2.05, 4.69) is 17.6 Å². The van der Waals surface area contributed by atoms with Gasteiger partial charge >= 0.3 is 0 Å². The molecule has 0 heterocycles. The van der Waals surface area contributed by atoms with Crippen molar-refractivity contribution in [2.45, 2.75) is 19.8 Å². The van der Waals surface area contributed by atoms with E-state index in [4.69, 9.17) is 28.6 Å². The van der Waals surface area contributed by atoms with Gasteiger partial charge in [-0.3, -0.25) is 20.2 Å². The van der Waals surface area contributed by atoms with Crippen LogP contribution in [0.25, 0.3) is 0 Å². The van der Waals surface area contributed by atoms with E-state index in [0.29, 0.717) is 17.9 Å². The lowest BCUT2D eigenvalue weighted by Gasteiger charge is -2.11. The van der Waals surface area contributed by atoms with Crippen LogP contribution < -0.4 is 15.4 Å². The van der Waals surface area contributed by atoms with E-state index < -0.39 is 10.8 Å². The number of nitrogens with zero attached hydrogens (tertiary/aromatic N) is 1. The summed E-state index contributed by atoms with van der Waals surface area (Å²) < 4.78 is 5.54. The fraction of sp³-hybridized carbons (Fsp3) is 0.222. The summed E-state index contributed by atoms with van der Waals surface area (Å²) in [4.78, 5) is 22.8. The number of carbonyl (C=O) groups excluding carboxylic acids is 1. The van der Waals surface area contributed by atoms with E-state index in [9.17, 15) is 14.9 Å². The van der Waals surface area contributed by atoms with Gasteiger partial charge in [0.1, 0.15) is 11.4 Å². The number of nitro benzene ring substituents is 1. The topological polar surface area (TPSA) is 93.5 Å². The summed E-state index contributed by atoms with van der Waals surface area (Å²) in [6, 6.07) is 10.7. The Labute approximate surface area is 166 Å². The Morgan fingerprint density at radius 2 is 1.96 bits per heavy atom. The van der Waals surface area contributed by atoms with Crippen LogP contribution in [0.4, 0.5) is 11.4 Å². The molecule has 2 aromatic carbocycles. The van der Waals surface area contributed by atoms with Crippen LogP contribution in [0.1, 0.15) is 30.1 Å². The summed E-state index contributed by atoms with van der Waals surface area (Å²) in [5, 5.41) is 16.4. The summed E-state index contributed by atoms with van der Waals surface area (Å²) in [5.41, 5.74) is 0.273. The second kappa shape index (κ2) is 9.84. The number of nitro groups is 1. The maximum Gasteiger partial charge on any atom is 0.294 e. The molecule has 0 unspecified atom stereocenters. The molecule has 27 heavy (non-hydrogen) atoms. The molecule has 0 spiro atoms. The smallest absolute Gasteiger partial charge is 0.294 e. The number of halogens is 1. The van der Waals surface area contributed by atoms with Gasteiger partial charge in [0, 0.05) is 16.7 Å². The van der Waals surface area contributed by atoms with Gasteiger partial charge < -0.3 is 10.1 Å². The van der Waals surface area contributed by atoms with E-state index in [1.54, 1.807) is 24.3 Å². The highest BCUT2D eigenvalue weighted by Crippen LogP contribution is 2.27. The first-order chi connectivity index (χ1) is 12.9. The minimum atomic E-state index is -0.587. The van der Waals surface area contributed by atoms with Crippen molar-refractivity contribution < 1.29 is 14.5 Å². The minimum absolute atomic E-state index is 0.0614. The number of nitrogens with one attached hydrogen (secondary N) is 2. The zero-order chi connectivity index (χ0) is 19.8. The van der Waals surface area contributed by atoms with Crippen molar-refractivity contribution in [3.05, 3.63) is 63.2 Å². The predicted octanol–water partition coefficient (Wildman–Crippen LogP) is 4.55. The van der Waals surface area contributed by atoms with Gasteiger partial charge in [-0.15, -0.1) is 0 Å². The van der Waals surface area contributed by atoms with Crippen molar-refractivity contribution in [3.8, 4) is 5.75 Å². The number of rotatable bonds is 7. The summed E-state index contributed by atoms with van der Waals surface area (Å²) in [6.45, 7) is 2.70. The molecule has 0 aliphatic rings. The highest BCUT2D eigenvalue weighted by atomic mass is 35.5. The van der Waals surface area contributed by atoms with Crippen molar-refractivity contribution >= 4 is 46.2 Å². The second-order valence-electron chi connectivity index (χ2n) is 5.55. The van der Waals surface area contributed by atoms with Crippen molar-refractivity contribution in [1.29, 1.82) is 0 Å². The Balaban J connectivity index is 1.98. The molecule has 0 saturated carbocycles. The standard InChI is InChI=1S/C18H18ClN3O4S/c1-2-3-10-26-14-7-4-12(5-8-14)17(23)21-18(27)20-15-9-6-13(19)11-16(15)22(24)25/h4-9,11H,2-3,10H2,1H3,(H2,20,21,23,27). The Hall–Kier alpha value is -2.71. The second-order valence-corrected chi connectivity index (χ2v) is 6.40. The van der Waals surface area contributed by atoms with E-state index in [-0.39, 0.29) is 21.5 Å². The largest absolute Gasteiger partial charge is 0.494 e. The third-order valence-corrected chi connectivity index (χ3v) is 3.95. The first-order valence-corrected chi connectivity index (χ1v) is 8.98. The molecule has 0 aliphatic heterocycles. The average Bonchev–Trinajstić information content (AvgIpc) is 2.63. The van der Waals surface area contributed by atoms with E-state index >= 15 is 0 Å². The maximum atomic E-state index is 12.3. The molecular formula is C18H18ClN3O4S. The van der Waals surface area contributed by atoms with Gasteiger partial charge in [0.15, 0.2) is 5.11 Å². The summed E-state index contributed by atoms with van der Waals surface area (Å²) in [5.74, 6) is 0.238. The average molecular weight is 408 g/mol. The number of carbonyl (C=O) groups is 1. The highest BCUT2D eigenvalue weighted by molar-refractivity contribution is 7.80. The number of ether oxygens (including phenoxy) is 1. The minimum Gasteiger partial charge on any atom is -0.494 e. The number of thiocarbonyl (C=S) groups is 1. The zero-order valence-electron chi connectivity index (χ0n) is 14.5. The lowest BCUT2D eigenvalue weighted by Crippen LogP contribution is -2.34. The molecule has 0 bridgehead atoms. The lowest BCUT2D eigenvalue weighted by molar-refractivity contribution is -0.383. The van der Waals surface area contributed by atoms with Gasteiger partial charge in [-0.25, -0.2) is 0 Å². The molecule has 0 aliphatic carbocycles. The van der Waals surface area contributed by atoms with Crippen molar-refractivity contribution in [3.63, 3.8) is 0 Å². The highest BCUT2D eigenvalue weighted by Gasteiger charge is 2.16. The molecule has 2 rings (SSSR count). The van der Waals surface area contributed by atoms with E-state index in [1.807, 2.05) is 0 Å². The number of hydrogen-bond acceptors (Lipinski definition) is 5. The van der Waals surface area contributed by atoms with Crippen molar-refractivity contribution in [2.75, 3.05) is 11.9 Å². The van der Waals surface area contributed by atoms with Crippen LogP contribution in [0, 0.1) is 10.1 Å². The van der Waals surface area contributed by atoms with Crippen LogP contribution in [0.3, 0.4) is 0 Å². The van der Waals surface area contributed by atoms with Gasteiger partial charge in [-0.1, -0.05) is 24.9 Å². The van der Waals surface area contributed by atoms with Crippen LogP contribution >= 0.6 is 23.8 Å². The normalized spacial score (nSPS) is 10.1. The fourth-order valence-electron chi connectivity index (χ4n) is 2.13. The lowest BCUT2D eigenvalue weighted by atomic mass is 10.2. The van der Waals surface area contributed by atoms with Gasteiger partial charge in [0.2, 0.25) is 0 Å². The van der Waals surface area contributed by atoms with E-state index in [0.717, 1.165) is 12.8 Å². The third-order valence-electron chi connectivity index (χ3n) is 3.51. The number of benzene rings is 2. The summed E-state index contributed by atoms with van der Waals surface area (Å²) >= 11 is 10.8. The Morgan fingerprint density at radius 3 is 2.59 bits per heavy atom. The van der Waals surface area contributed by atoms with Crippen LogP contribution in [-0.2, 0) is 0 Å². The van der Waals surface area contributed by atoms with Crippen LogP contribution in [0.15, 0.2) is 42.5 Å². The molecule has 0 atom stereocenters. The van der Waals surface area contributed by atoms with E-state index in [1.165, 1.54) is 18.2 Å². The predicted molar refractivity (Wildman–Crippen MR) is 109 cm³/mol. The molecule has 7 nitrogen and oxygen atoms in total.